The smallest absolute Gasteiger partial charge is 0.270 e. The summed E-state index contributed by atoms with van der Waals surface area (Å²) in [6, 6.07) is 2.21. The number of piperazine rings is 1. The lowest BCUT2D eigenvalue weighted by molar-refractivity contribution is -0.124. The third-order valence-corrected chi connectivity index (χ3v) is 8.43. The molecule has 8 nitrogen and oxygen atoms in total. The van der Waals surface area contributed by atoms with Crippen LogP contribution in [0.2, 0.25) is 0 Å². The second-order valence-corrected chi connectivity index (χ2v) is 10.8. The van der Waals surface area contributed by atoms with Crippen molar-refractivity contribution in [3.8, 4) is 6.07 Å². The van der Waals surface area contributed by atoms with Gasteiger partial charge in [-0.2, -0.15) is 5.26 Å². The number of aliphatic hydroxyl groups is 1. The van der Waals surface area contributed by atoms with Crippen LogP contribution in [0.5, 0.6) is 0 Å². The number of nitrogens with zero attached hydrogens (tertiary/aromatic N) is 5. The van der Waals surface area contributed by atoms with Crippen molar-refractivity contribution in [3.05, 3.63) is 31.9 Å². The van der Waals surface area contributed by atoms with Crippen molar-refractivity contribution in [2.45, 2.75) is 45.1 Å². The van der Waals surface area contributed by atoms with Gasteiger partial charge < -0.3 is 10.0 Å². The van der Waals surface area contributed by atoms with Crippen molar-refractivity contribution < 1.29 is 9.90 Å². The zero-order chi connectivity index (χ0) is 24.4. The SMILES string of the molecule is Cc1c(/C=C2\SC(=S)N(C3CCCCC3)C2=O)c(N2CCN(CCO)CC2)n(C)c(=O)c1C#N. The van der Waals surface area contributed by atoms with E-state index in [1.54, 1.807) is 18.9 Å². The molecule has 3 fully saturated rings. The van der Waals surface area contributed by atoms with Crippen LogP contribution in [0.1, 0.15) is 48.8 Å². The molecule has 0 unspecified atom stereocenters. The second-order valence-electron chi connectivity index (χ2n) is 9.11. The molecule has 0 radical (unpaired) electrons. The molecule has 1 aromatic heterocycles. The standard InChI is InChI=1S/C24H31N5O3S2/c1-16-18(14-20-23(32)29(24(33)34-20)17-6-4-3-5-7-17)21(26(2)22(31)19(16)15-25)28-10-8-27(9-11-28)12-13-30/h14,17,30H,3-13H2,1-2H3/b20-14-. The Kier molecular flexibility index (Phi) is 7.77. The van der Waals surface area contributed by atoms with Crippen LogP contribution in [0, 0.1) is 18.3 Å². The quantitative estimate of drug-likeness (QED) is 0.485. The van der Waals surface area contributed by atoms with Gasteiger partial charge in [0, 0.05) is 51.4 Å². The van der Waals surface area contributed by atoms with Crippen molar-refractivity contribution in [2.24, 2.45) is 7.05 Å². The molecule has 0 aromatic carbocycles. The van der Waals surface area contributed by atoms with Crippen LogP contribution >= 0.6 is 24.0 Å². The number of aromatic nitrogens is 1. The first-order valence-corrected chi connectivity index (χ1v) is 13.1. The number of carbonyl (C=O) groups is 1. The van der Waals surface area contributed by atoms with Gasteiger partial charge in [-0.3, -0.25) is 24.0 Å². The van der Waals surface area contributed by atoms with E-state index < -0.39 is 0 Å². The van der Waals surface area contributed by atoms with E-state index in [2.05, 4.69) is 15.9 Å². The Hall–Kier alpha value is -2.19. The number of thioether (sulfide) groups is 1. The van der Waals surface area contributed by atoms with Crippen LogP contribution in [-0.2, 0) is 11.8 Å². The molecule has 2 aliphatic heterocycles. The third kappa shape index (κ3) is 4.67. The van der Waals surface area contributed by atoms with Crippen LogP contribution in [-0.4, -0.2) is 75.1 Å². The highest BCUT2D eigenvalue weighted by molar-refractivity contribution is 8.26. The number of carbonyl (C=O) groups excluding carboxylic acids is 1. The number of anilines is 1. The third-order valence-electron chi connectivity index (χ3n) is 7.09. The largest absolute Gasteiger partial charge is 0.395 e. The summed E-state index contributed by atoms with van der Waals surface area (Å²) in [4.78, 5) is 33.0. The topological polar surface area (TPSA) is 92.8 Å². The number of thiocarbonyl (C=S) groups is 1. The molecule has 34 heavy (non-hydrogen) atoms. The number of amides is 1. The fourth-order valence-corrected chi connectivity index (χ4v) is 6.57. The van der Waals surface area contributed by atoms with Gasteiger partial charge in [-0.15, -0.1) is 0 Å². The zero-order valence-corrected chi connectivity index (χ0v) is 21.4. The fraction of sp³-hybridized carbons (Fsp3) is 0.583. The van der Waals surface area contributed by atoms with Crippen molar-refractivity contribution in [1.29, 1.82) is 5.26 Å². The Bertz CT molecular complexity index is 1110. The second kappa shape index (κ2) is 10.6. The lowest BCUT2D eigenvalue weighted by Gasteiger charge is -2.37. The first-order chi connectivity index (χ1) is 16.4. The molecule has 182 valence electrons. The van der Waals surface area contributed by atoms with Crippen LogP contribution in [0.15, 0.2) is 9.70 Å². The molecule has 1 N–H and O–H groups in total. The summed E-state index contributed by atoms with van der Waals surface area (Å²) in [5.74, 6) is 0.639. The van der Waals surface area contributed by atoms with E-state index in [0.717, 1.165) is 44.3 Å². The summed E-state index contributed by atoms with van der Waals surface area (Å²) in [6.45, 7) is 5.40. The molecule has 10 heteroatoms. The fourth-order valence-electron chi connectivity index (χ4n) is 5.18. The number of rotatable bonds is 5. The van der Waals surface area contributed by atoms with Gasteiger partial charge >= 0.3 is 0 Å². The maximum Gasteiger partial charge on any atom is 0.270 e. The minimum absolute atomic E-state index is 0.0765. The average Bonchev–Trinajstić information content (AvgIpc) is 3.12. The van der Waals surface area contributed by atoms with Gasteiger partial charge in [0.05, 0.1) is 11.5 Å². The van der Waals surface area contributed by atoms with Gasteiger partial charge in [-0.1, -0.05) is 43.2 Å². The first-order valence-electron chi connectivity index (χ1n) is 11.9. The molecule has 3 aliphatic rings. The Morgan fingerprint density at radius 1 is 1.18 bits per heavy atom. The van der Waals surface area contributed by atoms with Gasteiger partial charge in [-0.05, 0) is 31.4 Å². The molecular weight excluding hydrogens is 470 g/mol. The molecule has 0 spiro atoms. The van der Waals surface area contributed by atoms with Gasteiger partial charge in [0.25, 0.3) is 11.5 Å². The van der Waals surface area contributed by atoms with Crippen molar-refractivity contribution >= 4 is 46.1 Å². The summed E-state index contributed by atoms with van der Waals surface area (Å²) in [5, 5.41) is 18.9. The van der Waals surface area contributed by atoms with E-state index in [1.165, 1.54) is 22.7 Å². The molecule has 3 heterocycles. The molecule has 1 aliphatic carbocycles. The Balaban J connectivity index is 1.74. The number of nitriles is 1. The van der Waals surface area contributed by atoms with E-state index in [4.69, 9.17) is 12.2 Å². The van der Waals surface area contributed by atoms with E-state index in [9.17, 15) is 20.0 Å². The van der Waals surface area contributed by atoms with E-state index >= 15 is 0 Å². The van der Waals surface area contributed by atoms with Gasteiger partial charge in [0.2, 0.25) is 0 Å². The van der Waals surface area contributed by atoms with Crippen molar-refractivity contribution in [1.82, 2.24) is 14.4 Å². The number of β-amino-alcohol motifs (C(OH)–C–C–N with tert-alkyl or cyclic N) is 1. The Morgan fingerprint density at radius 3 is 2.47 bits per heavy atom. The average molecular weight is 502 g/mol. The molecule has 1 aromatic rings. The van der Waals surface area contributed by atoms with Crippen molar-refractivity contribution in [2.75, 3.05) is 44.2 Å². The van der Waals surface area contributed by atoms with E-state index in [0.29, 0.717) is 40.2 Å². The highest BCUT2D eigenvalue weighted by Gasteiger charge is 2.38. The molecular formula is C24H31N5O3S2. The van der Waals surface area contributed by atoms with Gasteiger partial charge in [-0.25, -0.2) is 0 Å². The molecule has 2 saturated heterocycles. The molecule has 1 amide bonds. The van der Waals surface area contributed by atoms with Crippen LogP contribution in [0.3, 0.4) is 0 Å². The van der Waals surface area contributed by atoms with Gasteiger partial charge in [0.15, 0.2) is 0 Å². The summed E-state index contributed by atoms with van der Waals surface area (Å²) < 4.78 is 2.12. The van der Waals surface area contributed by atoms with Crippen LogP contribution in [0.25, 0.3) is 6.08 Å². The lowest BCUT2D eigenvalue weighted by Crippen LogP contribution is -2.49. The molecule has 0 bridgehead atoms. The first kappa shape index (κ1) is 24.9. The number of hydrogen-bond donors (Lipinski definition) is 1. The van der Waals surface area contributed by atoms with Crippen LogP contribution < -0.4 is 10.5 Å². The predicted molar refractivity (Wildman–Crippen MR) is 139 cm³/mol. The van der Waals surface area contributed by atoms with Gasteiger partial charge in [0.1, 0.15) is 21.8 Å². The lowest BCUT2D eigenvalue weighted by atomic mass is 9.94. The molecule has 0 atom stereocenters. The maximum absolute atomic E-state index is 13.4. The summed E-state index contributed by atoms with van der Waals surface area (Å²) in [5.41, 5.74) is 1.07. The number of pyridine rings is 1. The highest BCUT2D eigenvalue weighted by Crippen LogP contribution is 2.39. The minimum atomic E-state index is -0.334. The minimum Gasteiger partial charge on any atom is -0.395 e. The summed E-state index contributed by atoms with van der Waals surface area (Å²) in [7, 11) is 1.68. The van der Waals surface area contributed by atoms with Crippen LogP contribution in [0.4, 0.5) is 5.82 Å². The highest BCUT2D eigenvalue weighted by atomic mass is 32.2. The van der Waals surface area contributed by atoms with E-state index in [-0.39, 0.29) is 29.7 Å². The number of hydrogen-bond acceptors (Lipinski definition) is 8. The van der Waals surface area contributed by atoms with Crippen molar-refractivity contribution in [3.63, 3.8) is 0 Å². The molecule has 4 rings (SSSR count). The van der Waals surface area contributed by atoms with E-state index in [1.807, 2.05) is 6.08 Å². The Labute approximate surface area is 209 Å². The predicted octanol–water partition coefficient (Wildman–Crippen LogP) is 2.21. The molecule has 1 saturated carbocycles. The number of aliphatic hydroxyl groups excluding tert-OH is 1. The maximum atomic E-state index is 13.4. The summed E-state index contributed by atoms with van der Waals surface area (Å²) >= 11 is 6.91. The Morgan fingerprint density at radius 2 is 1.85 bits per heavy atom. The normalized spacial score (nSPS) is 21.5. The monoisotopic (exact) mass is 501 g/mol. The zero-order valence-electron chi connectivity index (χ0n) is 19.7. The summed E-state index contributed by atoms with van der Waals surface area (Å²) in [6.07, 6.45) is 7.19.